The standard InChI is InChI=1S/C41H34N4Si/c1-46(2,3)34-20-18-33(19-21-34)44(31-10-6-4-7-11-31)37-24-16-29-15-23-36-38(25-17-30-14-22-35(37)40(29)41(30)36)45(32-12-8-5-9-13-32)39-28-42-26-27-43-39/h4-28H,1-3H3. The second-order valence-electron chi connectivity index (χ2n) is 12.8. The highest BCUT2D eigenvalue weighted by Crippen LogP contribution is 2.46. The predicted octanol–water partition coefficient (Wildman–Crippen LogP) is 10.9. The van der Waals surface area contributed by atoms with E-state index in [0.717, 1.165) is 34.3 Å². The summed E-state index contributed by atoms with van der Waals surface area (Å²) in [5, 5.41) is 8.80. The smallest absolute Gasteiger partial charge is 0.156 e. The van der Waals surface area contributed by atoms with Gasteiger partial charge < -0.3 is 4.90 Å². The molecule has 0 fully saturated rings. The van der Waals surface area contributed by atoms with Gasteiger partial charge in [-0.2, -0.15) is 0 Å². The van der Waals surface area contributed by atoms with E-state index in [1.54, 1.807) is 12.4 Å². The van der Waals surface area contributed by atoms with Gasteiger partial charge in [-0.15, -0.1) is 0 Å². The molecule has 0 bridgehead atoms. The van der Waals surface area contributed by atoms with E-state index >= 15 is 0 Å². The second kappa shape index (κ2) is 11.1. The van der Waals surface area contributed by atoms with Crippen LogP contribution in [0.25, 0.3) is 32.3 Å². The molecule has 0 aliphatic rings. The van der Waals surface area contributed by atoms with Gasteiger partial charge in [-0.1, -0.05) is 110 Å². The van der Waals surface area contributed by atoms with Crippen LogP contribution in [0.3, 0.4) is 0 Å². The maximum Gasteiger partial charge on any atom is 0.156 e. The third-order valence-electron chi connectivity index (χ3n) is 8.90. The zero-order chi connectivity index (χ0) is 31.3. The minimum atomic E-state index is -1.43. The minimum absolute atomic E-state index is 0.779. The van der Waals surface area contributed by atoms with Gasteiger partial charge in [0.25, 0.3) is 0 Å². The van der Waals surface area contributed by atoms with Gasteiger partial charge in [0.15, 0.2) is 5.82 Å². The van der Waals surface area contributed by atoms with Gasteiger partial charge in [0, 0.05) is 40.2 Å². The highest BCUT2D eigenvalue weighted by molar-refractivity contribution is 6.88. The van der Waals surface area contributed by atoms with Crippen molar-refractivity contribution in [3.63, 3.8) is 0 Å². The maximum atomic E-state index is 4.73. The van der Waals surface area contributed by atoms with Crippen LogP contribution in [0.4, 0.5) is 34.3 Å². The molecule has 8 aromatic rings. The summed E-state index contributed by atoms with van der Waals surface area (Å²) in [7, 11) is -1.43. The fourth-order valence-corrected chi connectivity index (χ4v) is 7.82. The fraction of sp³-hybridized carbons (Fsp3) is 0.0732. The van der Waals surface area contributed by atoms with E-state index in [2.05, 4.69) is 162 Å². The molecule has 1 aromatic heterocycles. The fourth-order valence-electron chi connectivity index (χ4n) is 6.65. The number of hydrogen-bond acceptors (Lipinski definition) is 4. The maximum absolute atomic E-state index is 4.73. The third kappa shape index (κ3) is 4.77. The topological polar surface area (TPSA) is 32.3 Å². The third-order valence-corrected chi connectivity index (χ3v) is 11.0. The van der Waals surface area contributed by atoms with Crippen molar-refractivity contribution in [2.75, 3.05) is 9.80 Å². The average molecular weight is 611 g/mol. The monoisotopic (exact) mass is 610 g/mol. The summed E-state index contributed by atoms with van der Waals surface area (Å²) >= 11 is 0. The first-order valence-corrected chi connectivity index (χ1v) is 19.2. The van der Waals surface area contributed by atoms with Crippen molar-refractivity contribution < 1.29 is 0 Å². The lowest BCUT2D eigenvalue weighted by molar-refractivity contribution is 1.13. The number of rotatable bonds is 7. The molecule has 0 saturated heterocycles. The molecule has 46 heavy (non-hydrogen) atoms. The number of benzene rings is 7. The second-order valence-corrected chi connectivity index (χ2v) is 17.9. The summed E-state index contributed by atoms with van der Waals surface area (Å²) in [6, 6.07) is 48.4. The van der Waals surface area contributed by atoms with E-state index in [-0.39, 0.29) is 0 Å². The number of anilines is 6. The molecule has 5 heteroatoms. The molecule has 0 unspecified atom stereocenters. The lowest BCUT2D eigenvalue weighted by Crippen LogP contribution is -2.37. The highest BCUT2D eigenvalue weighted by atomic mass is 28.3. The van der Waals surface area contributed by atoms with Gasteiger partial charge >= 0.3 is 0 Å². The van der Waals surface area contributed by atoms with Gasteiger partial charge in [0.1, 0.15) is 0 Å². The SMILES string of the molecule is C[Si](C)(C)c1ccc(N(c2ccccc2)c2ccc3ccc4c(N(c5ccccc5)c5cnccn5)ccc5ccc2c3c54)cc1. The van der Waals surface area contributed by atoms with Crippen LogP contribution in [-0.4, -0.2) is 18.0 Å². The summed E-state index contributed by atoms with van der Waals surface area (Å²) in [6.07, 6.45) is 5.30. The number of hydrogen-bond donors (Lipinski definition) is 0. The van der Waals surface area contributed by atoms with E-state index < -0.39 is 8.07 Å². The number of nitrogens with zero attached hydrogens (tertiary/aromatic N) is 4. The van der Waals surface area contributed by atoms with E-state index in [4.69, 9.17) is 4.98 Å². The minimum Gasteiger partial charge on any atom is -0.310 e. The molecular weight excluding hydrogens is 577 g/mol. The predicted molar refractivity (Wildman–Crippen MR) is 198 cm³/mol. The molecule has 0 aliphatic heterocycles. The van der Waals surface area contributed by atoms with Gasteiger partial charge in [-0.3, -0.25) is 9.88 Å². The van der Waals surface area contributed by atoms with Crippen LogP contribution in [0.2, 0.25) is 19.6 Å². The first-order chi connectivity index (χ1) is 22.5. The Morgan fingerprint density at radius 1 is 0.478 bits per heavy atom. The van der Waals surface area contributed by atoms with Crippen molar-refractivity contribution >= 4 is 79.8 Å². The Balaban J connectivity index is 1.38. The Hall–Kier alpha value is -5.52. The average Bonchev–Trinajstić information content (AvgIpc) is 3.10. The molecule has 0 saturated carbocycles. The van der Waals surface area contributed by atoms with Gasteiger partial charge in [-0.05, 0) is 70.1 Å². The molecule has 8 rings (SSSR count). The quantitative estimate of drug-likeness (QED) is 0.133. The van der Waals surface area contributed by atoms with Gasteiger partial charge in [-0.25, -0.2) is 4.98 Å². The van der Waals surface area contributed by atoms with Crippen LogP contribution in [0.15, 0.2) is 152 Å². The highest BCUT2D eigenvalue weighted by Gasteiger charge is 2.23. The molecule has 0 atom stereocenters. The first kappa shape index (κ1) is 28.0. The molecule has 0 radical (unpaired) electrons. The van der Waals surface area contributed by atoms with Crippen LogP contribution in [0.1, 0.15) is 0 Å². The van der Waals surface area contributed by atoms with Crippen molar-refractivity contribution in [3.8, 4) is 0 Å². The molecule has 7 aromatic carbocycles. The van der Waals surface area contributed by atoms with Crippen LogP contribution < -0.4 is 15.0 Å². The van der Waals surface area contributed by atoms with Crippen LogP contribution >= 0.6 is 0 Å². The van der Waals surface area contributed by atoms with Crippen molar-refractivity contribution in [1.82, 2.24) is 9.97 Å². The Kier molecular flexibility index (Phi) is 6.77. The normalized spacial score (nSPS) is 11.8. The van der Waals surface area contributed by atoms with Gasteiger partial charge in [0.05, 0.1) is 25.6 Å². The summed E-state index contributed by atoms with van der Waals surface area (Å²) < 4.78 is 0. The van der Waals surface area contributed by atoms with Crippen LogP contribution in [0, 0.1) is 0 Å². The van der Waals surface area contributed by atoms with E-state index in [0.29, 0.717) is 0 Å². The van der Waals surface area contributed by atoms with E-state index in [9.17, 15) is 0 Å². The van der Waals surface area contributed by atoms with Crippen LogP contribution in [-0.2, 0) is 0 Å². The number of aromatic nitrogens is 2. The van der Waals surface area contributed by atoms with Gasteiger partial charge in [0.2, 0.25) is 0 Å². The zero-order valence-electron chi connectivity index (χ0n) is 26.2. The molecular formula is C41H34N4Si. The molecule has 0 aliphatic carbocycles. The Labute approximate surface area is 270 Å². The molecule has 0 N–H and O–H groups in total. The molecule has 0 amide bonds. The Morgan fingerprint density at radius 3 is 1.50 bits per heavy atom. The Bertz CT molecular complexity index is 2240. The van der Waals surface area contributed by atoms with Crippen molar-refractivity contribution in [3.05, 3.63) is 152 Å². The Morgan fingerprint density at radius 2 is 0.978 bits per heavy atom. The first-order valence-electron chi connectivity index (χ1n) is 15.7. The summed E-state index contributed by atoms with van der Waals surface area (Å²) in [5.41, 5.74) is 5.56. The van der Waals surface area contributed by atoms with E-state index in [1.165, 1.54) is 37.5 Å². The molecule has 1 heterocycles. The molecule has 4 nitrogen and oxygen atoms in total. The number of para-hydroxylation sites is 2. The molecule has 222 valence electrons. The lowest BCUT2D eigenvalue weighted by atomic mass is 9.92. The van der Waals surface area contributed by atoms with Crippen LogP contribution in [0.5, 0.6) is 0 Å². The van der Waals surface area contributed by atoms with Crippen molar-refractivity contribution in [2.45, 2.75) is 19.6 Å². The zero-order valence-corrected chi connectivity index (χ0v) is 27.2. The summed E-state index contributed by atoms with van der Waals surface area (Å²) in [6.45, 7) is 7.19. The van der Waals surface area contributed by atoms with Crippen molar-refractivity contribution in [1.29, 1.82) is 0 Å². The molecule has 0 spiro atoms. The van der Waals surface area contributed by atoms with Crippen molar-refractivity contribution in [2.24, 2.45) is 0 Å². The summed E-state index contributed by atoms with van der Waals surface area (Å²) in [4.78, 5) is 13.7. The van der Waals surface area contributed by atoms with E-state index in [1.807, 2.05) is 12.3 Å². The largest absolute Gasteiger partial charge is 0.310 e. The summed E-state index contributed by atoms with van der Waals surface area (Å²) in [5.74, 6) is 0.779. The lowest BCUT2D eigenvalue weighted by Gasteiger charge is -2.29.